The Kier molecular flexibility index (Phi) is 3.10. The average Bonchev–Trinajstić information content (AvgIpc) is 1.65. The maximum Gasteiger partial charge on any atom is 0.113 e. The van der Waals surface area contributed by atoms with Crippen LogP contribution in [0.3, 0.4) is 0 Å². The molecule has 0 heterocycles. The molecule has 0 aliphatic carbocycles. The molecule has 0 spiro atoms. The zero-order valence-electron chi connectivity index (χ0n) is 3.19. The highest BCUT2D eigenvalue weighted by Crippen LogP contribution is 1.90. The third-order valence-electron chi connectivity index (χ3n) is 0.347. The number of hydrogen-bond acceptors (Lipinski definition) is 2. The van der Waals surface area contributed by atoms with E-state index in [1.807, 2.05) is 6.07 Å². The van der Waals surface area contributed by atoms with Gasteiger partial charge in [-0.3, -0.25) is 0 Å². The summed E-state index contributed by atoms with van der Waals surface area (Å²) in [4.78, 5) is -0.169. The van der Waals surface area contributed by atoms with Crippen molar-refractivity contribution in [3.63, 3.8) is 0 Å². The Labute approximate surface area is 45.1 Å². The van der Waals surface area contributed by atoms with Crippen molar-refractivity contribution in [2.75, 3.05) is 6.54 Å². The van der Waals surface area contributed by atoms with Crippen molar-refractivity contribution in [3.8, 4) is 6.07 Å². The van der Waals surface area contributed by atoms with E-state index in [9.17, 15) is 0 Å². The second-order valence-corrected chi connectivity index (χ2v) is 1.94. The van der Waals surface area contributed by atoms with Gasteiger partial charge < -0.3 is 5.73 Å². The van der Waals surface area contributed by atoms with Gasteiger partial charge in [0.1, 0.15) is 4.83 Å². The molecule has 0 amide bonds. The molecule has 6 heavy (non-hydrogen) atoms. The largest absolute Gasteiger partial charge is 0.328 e. The molecule has 0 rings (SSSR count). The van der Waals surface area contributed by atoms with Gasteiger partial charge >= 0.3 is 0 Å². The van der Waals surface area contributed by atoms with Crippen LogP contribution in [-0.2, 0) is 0 Å². The van der Waals surface area contributed by atoms with Crippen LogP contribution in [0.2, 0.25) is 0 Å². The second kappa shape index (κ2) is 3.13. The molecular weight excluding hydrogens is 144 g/mol. The molecule has 0 aliphatic rings. The molecule has 0 bridgehead atoms. The zero-order valence-corrected chi connectivity index (χ0v) is 4.77. The summed E-state index contributed by atoms with van der Waals surface area (Å²) in [6, 6.07) is 1.91. The van der Waals surface area contributed by atoms with Gasteiger partial charge in [-0.2, -0.15) is 5.26 Å². The number of nitrogens with two attached hydrogens (primary N) is 1. The highest BCUT2D eigenvalue weighted by atomic mass is 79.9. The molecule has 0 saturated carbocycles. The van der Waals surface area contributed by atoms with Crippen LogP contribution < -0.4 is 5.73 Å². The minimum absolute atomic E-state index is 0.169. The minimum Gasteiger partial charge on any atom is -0.328 e. The summed E-state index contributed by atoms with van der Waals surface area (Å²) in [5, 5.41) is 7.96. The van der Waals surface area contributed by atoms with Crippen molar-refractivity contribution in [1.29, 1.82) is 5.26 Å². The first-order valence-electron chi connectivity index (χ1n) is 1.55. The van der Waals surface area contributed by atoms with Gasteiger partial charge in [-0.1, -0.05) is 15.9 Å². The summed E-state index contributed by atoms with van der Waals surface area (Å²) < 4.78 is 0. The number of nitriles is 1. The summed E-state index contributed by atoms with van der Waals surface area (Å²) in [5.74, 6) is 0. The van der Waals surface area contributed by atoms with Gasteiger partial charge in [0, 0.05) is 6.54 Å². The topological polar surface area (TPSA) is 49.8 Å². The molecule has 0 radical (unpaired) electrons. The first-order chi connectivity index (χ1) is 2.81. The van der Waals surface area contributed by atoms with Gasteiger partial charge in [0.15, 0.2) is 0 Å². The minimum atomic E-state index is -0.169. The standard InChI is InChI=1S/C3H5BrN2/c4-3(1-5)2-6/h3H,1,5H2. The number of nitrogens with zero attached hydrogens (tertiary/aromatic N) is 1. The summed E-state index contributed by atoms with van der Waals surface area (Å²) in [5.41, 5.74) is 5.01. The van der Waals surface area contributed by atoms with E-state index >= 15 is 0 Å². The monoisotopic (exact) mass is 148 g/mol. The number of rotatable bonds is 1. The predicted octanol–water partition coefficient (Wildman–Crippen LogP) is 0.232. The van der Waals surface area contributed by atoms with Crippen LogP contribution in [0.1, 0.15) is 0 Å². The zero-order chi connectivity index (χ0) is 4.99. The van der Waals surface area contributed by atoms with Gasteiger partial charge in [0.05, 0.1) is 6.07 Å². The van der Waals surface area contributed by atoms with Crippen molar-refractivity contribution >= 4 is 15.9 Å². The van der Waals surface area contributed by atoms with E-state index in [1.165, 1.54) is 0 Å². The number of hydrogen-bond donors (Lipinski definition) is 1. The second-order valence-electron chi connectivity index (χ2n) is 0.832. The lowest BCUT2D eigenvalue weighted by molar-refractivity contribution is 1.05. The quantitative estimate of drug-likeness (QED) is 0.542. The SMILES string of the molecule is N#CC(Br)CN. The van der Waals surface area contributed by atoms with Crippen LogP contribution in [0.25, 0.3) is 0 Å². The Morgan fingerprint density at radius 3 is 2.50 bits per heavy atom. The van der Waals surface area contributed by atoms with Crippen molar-refractivity contribution in [1.82, 2.24) is 0 Å². The van der Waals surface area contributed by atoms with Crippen molar-refractivity contribution < 1.29 is 0 Å². The number of halogens is 1. The number of alkyl halides is 1. The van der Waals surface area contributed by atoms with E-state index in [4.69, 9.17) is 11.0 Å². The van der Waals surface area contributed by atoms with E-state index in [0.29, 0.717) is 6.54 Å². The van der Waals surface area contributed by atoms with E-state index in [2.05, 4.69) is 15.9 Å². The Hall–Kier alpha value is -0.0700. The van der Waals surface area contributed by atoms with Gasteiger partial charge in [0.2, 0.25) is 0 Å². The van der Waals surface area contributed by atoms with Crippen LogP contribution in [0.4, 0.5) is 0 Å². The molecule has 2 N–H and O–H groups in total. The van der Waals surface area contributed by atoms with Crippen LogP contribution in [0, 0.1) is 11.3 Å². The van der Waals surface area contributed by atoms with Crippen LogP contribution >= 0.6 is 15.9 Å². The molecule has 34 valence electrons. The first kappa shape index (κ1) is 5.93. The van der Waals surface area contributed by atoms with Gasteiger partial charge in [0.25, 0.3) is 0 Å². The molecule has 0 fully saturated rings. The molecule has 0 saturated heterocycles. The van der Waals surface area contributed by atoms with Crippen LogP contribution in [0.5, 0.6) is 0 Å². The predicted molar refractivity (Wildman–Crippen MR) is 27.4 cm³/mol. The molecule has 0 aromatic carbocycles. The Morgan fingerprint density at radius 1 is 2.00 bits per heavy atom. The summed E-state index contributed by atoms with van der Waals surface area (Å²) in [6.07, 6.45) is 0. The maximum atomic E-state index is 7.96. The van der Waals surface area contributed by atoms with Crippen molar-refractivity contribution in [2.45, 2.75) is 4.83 Å². The highest BCUT2D eigenvalue weighted by Gasteiger charge is 1.91. The smallest absolute Gasteiger partial charge is 0.113 e. The fourth-order valence-corrected chi connectivity index (χ4v) is 0.0527. The van der Waals surface area contributed by atoms with Crippen molar-refractivity contribution in [3.05, 3.63) is 0 Å². The van der Waals surface area contributed by atoms with E-state index in [1.54, 1.807) is 0 Å². The molecule has 0 aromatic rings. The maximum absolute atomic E-state index is 7.96. The molecule has 1 atom stereocenters. The van der Waals surface area contributed by atoms with E-state index in [0.717, 1.165) is 0 Å². The van der Waals surface area contributed by atoms with E-state index in [-0.39, 0.29) is 4.83 Å². The van der Waals surface area contributed by atoms with E-state index < -0.39 is 0 Å². The normalized spacial score (nSPS) is 12.8. The third-order valence-corrected chi connectivity index (χ3v) is 0.926. The average molecular weight is 149 g/mol. The lowest BCUT2D eigenvalue weighted by Crippen LogP contribution is -2.10. The Morgan fingerprint density at radius 2 is 2.50 bits per heavy atom. The first-order valence-corrected chi connectivity index (χ1v) is 2.46. The third kappa shape index (κ3) is 2.18. The van der Waals surface area contributed by atoms with Crippen LogP contribution in [-0.4, -0.2) is 11.4 Å². The lowest BCUT2D eigenvalue weighted by Gasteiger charge is -1.85. The van der Waals surface area contributed by atoms with Gasteiger partial charge in [-0.05, 0) is 0 Å². The summed E-state index contributed by atoms with van der Waals surface area (Å²) in [7, 11) is 0. The highest BCUT2D eigenvalue weighted by molar-refractivity contribution is 9.09. The van der Waals surface area contributed by atoms with Crippen molar-refractivity contribution in [2.24, 2.45) is 5.73 Å². The molecule has 2 nitrogen and oxygen atoms in total. The summed E-state index contributed by atoms with van der Waals surface area (Å²) >= 11 is 2.99. The van der Waals surface area contributed by atoms with Crippen LogP contribution in [0.15, 0.2) is 0 Å². The summed E-state index contributed by atoms with van der Waals surface area (Å²) in [6.45, 7) is 0.385. The molecule has 0 aliphatic heterocycles. The molecule has 1 unspecified atom stereocenters. The lowest BCUT2D eigenvalue weighted by atomic mass is 10.5. The fraction of sp³-hybridized carbons (Fsp3) is 0.667. The fourth-order valence-electron chi connectivity index (χ4n) is 0.0527. The molecule has 0 aromatic heterocycles. The Balaban J connectivity index is 3.04. The van der Waals surface area contributed by atoms with Gasteiger partial charge in [-0.15, -0.1) is 0 Å². The molecule has 3 heteroatoms. The molecular formula is C3H5BrN2. The Bertz CT molecular complexity index is 65.7. The van der Waals surface area contributed by atoms with Gasteiger partial charge in [-0.25, -0.2) is 0 Å².